The van der Waals surface area contributed by atoms with Gasteiger partial charge in [0.05, 0.1) is 0 Å². The van der Waals surface area contributed by atoms with Crippen LogP contribution in [-0.4, -0.2) is 12.6 Å². The molecule has 2 aliphatic rings. The summed E-state index contributed by atoms with van der Waals surface area (Å²) in [5.74, 6) is 0. The van der Waals surface area contributed by atoms with Crippen molar-refractivity contribution >= 4 is 27.3 Å². The van der Waals surface area contributed by atoms with E-state index in [4.69, 9.17) is 0 Å². The van der Waals surface area contributed by atoms with E-state index in [-0.39, 0.29) is 0 Å². The Balaban J connectivity index is 1.65. The molecule has 0 atom stereocenters. The zero-order chi connectivity index (χ0) is 11.7. The zero-order valence-corrected chi connectivity index (χ0v) is 12.6. The van der Waals surface area contributed by atoms with Gasteiger partial charge >= 0.3 is 0 Å². The van der Waals surface area contributed by atoms with Crippen LogP contribution in [0.4, 0.5) is 0 Å². The molecule has 2 saturated carbocycles. The predicted molar refractivity (Wildman–Crippen MR) is 77.6 cm³/mol. The first-order valence-corrected chi connectivity index (χ1v) is 8.39. The Bertz CT molecular complexity index is 377. The van der Waals surface area contributed by atoms with Crippen LogP contribution < -0.4 is 5.32 Å². The van der Waals surface area contributed by atoms with Gasteiger partial charge in [-0.05, 0) is 59.5 Å². The van der Waals surface area contributed by atoms with Gasteiger partial charge in [-0.25, -0.2) is 0 Å². The number of hydrogen-bond donors (Lipinski definition) is 1. The van der Waals surface area contributed by atoms with Crippen LogP contribution in [0.15, 0.2) is 15.9 Å². The van der Waals surface area contributed by atoms with Crippen LogP contribution in [-0.2, 0) is 6.42 Å². The summed E-state index contributed by atoms with van der Waals surface area (Å²) in [4.78, 5) is 1.55. The van der Waals surface area contributed by atoms with Crippen LogP contribution in [0.1, 0.15) is 43.4 Å². The smallest absolute Gasteiger partial charge is 0.0285 e. The fourth-order valence-corrected chi connectivity index (χ4v) is 4.63. The molecule has 1 nitrogen and oxygen atoms in total. The number of rotatable bonds is 5. The van der Waals surface area contributed by atoms with Crippen LogP contribution >= 0.6 is 27.3 Å². The third kappa shape index (κ3) is 3.12. The van der Waals surface area contributed by atoms with E-state index < -0.39 is 0 Å². The number of thiophene rings is 1. The van der Waals surface area contributed by atoms with Gasteiger partial charge in [0.1, 0.15) is 0 Å². The van der Waals surface area contributed by atoms with Crippen molar-refractivity contribution < 1.29 is 0 Å². The van der Waals surface area contributed by atoms with E-state index in [1.54, 1.807) is 4.88 Å². The van der Waals surface area contributed by atoms with Crippen LogP contribution in [0.3, 0.4) is 0 Å². The van der Waals surface area contributed by atoms with Crippen molar-refractivity contribution in [3.8, 4) is 0 Å². The Morgan fingerprint density at radius 1 is 1.35 bits per heavy atom. The molecule has 0 aromatic carbocycles. The van der Waals surface area contributed by atoms with Crippen molar-refractivity contribution in [1.29, 1.82) is 0 Å². The van der Waals surface area contributed by atoms with Crippen LogP contribution in [0, 0.1) is 5.41 Å². The maximum atomic E-state index is 3.76. The van der Waals surface area contributed by atoms with Gasteiger partial charge in [-0.15, -0.1) is 11.3 Å². The van der Waals surface area contributed by atoms with Gasteiger partial charge in [0, 0.05) is 27.3 Å². The molecule has 0 amide bonds. The summed E-state index contributed by atoms with van der Waals surface area (Å²) in [6.45, 7) is 1.24. The molecule has 0 spiro atoms. The molecule has 94 valence electrons. The Morgan fingerprint density at radius 2 is 2.12 bits per heavy atom. The second-order valence-electron chi connectivity index (χ2n) is 5.77. The Labute approximate surface area is 116 Å². The van der Waals surface area contributed by atoms with Gasteiger partial charge in [0.2, 0.25) is 0 Å². The summed E-state index contributed by atoms with van der Waals surface area (Å²) in [7, 11) is 0. The van der Waals surface area contributed by atoms with E-state index in [2.05, 4.69) is 32.7 Å². The molecule has 0 saturated heterocycles. The molecule has 0 aliphatic heterocycles. The molecular weight excluding hydrogens is 294 g/mol. The third-order valence-electron chi connectivity index (χ3n) is 4.18. The molecule has 0 bridgehead atoms. The molecule has 2 fully saturated rings. The summed E-state index contributed by atoms with van der Waals surface area (Å²) in [5.41, 5.74) is 0.562. The number of nitrogens with one attached hydrogen (secondary N) is 1. The highest BCUT2D eigenvalue weighted by Gasteiger charge is 2.35. The van der Waals surface area contributed by atoms with E-state index >= 15 is 0 Å². The lowest BCUT2D eigenvalue weighted by atomic mass is 9.82. The minimum Gasteiger partial charge on any atom is -0.313 e. The molecule has 2 aliphatic carbocycles. The number of halogens is 1. The topological polar surface area (TPSA) is 12.0 Å². The van der Waals surface area contributed by atoms with E-state index in [0.29, 0.717) is 5.41 Å². The maximum Gasteiger partial charge on any atom is 0.0285 e. The monoisotopic (exact) mass is 313 g/mol. The summed E-state index contributed by atoms with van der Waals surface area (Å²) in [5, 5.41) is 5.97. The highest BCUT2D eigenvalue weighted by molar-refractivity contribution is 9.10. The van der Waals surface area contributed by atoms with Crippen molar-refractivity contribution in [2.45, 2.75) is 51.0 Å². The number of hydrogen-bond acceptors (Lipinski definition) is 2. The minimum atomic E-state index is 0.562. The van der Waals surface area contributed by atoms with Crippen molar-refractivity contribution in [3.63, 3.8) is 0 Å². The normalized spacial score (nSPS) is 23.1. The average Bonchev–Trinajstić information content (AvgIpc) is 2.90. The van der Waals surface area contributed by atoms with Gasteiger partial charge in [0.25, 0.3) is 0 Å². The third-order valence-corrected chi connectivity index (χ3v) is 5.88. The summed E-state index contributed by atoms with van der Waals surface area (Å²) < 4.78 is 1.25. The average molecular weight is 314 g/mol. The Morgan fingerprint density at radius 3 is 2.71 bits per heavy atom. The Kier molecular flexibility index (Phi) is 3.60. The molecule has 17 heavy (non-hydrogen) atoms. The second kappa shape index (κ2) is 5.02. The molecule has 1 aromatic heterocycles. The van der Waals surface area contributed by atoms with E-state index in [9.17, 15) is 0 Å². The maximum absolute atomic E-state index is 3.76. The lowest BCUT2D eigenvalue weighted by Crippen LogP contribution is -2.34. The summed E-state index contributed by atoms with van der Waals surface area (Å²) in [6, 6.07) is 3.16. The molecule has 3 heteroatoms. The van der Waals surface area contributed by atoms with Crippen molar-refractivity contribution in [3.05, 3.63) is 20.8 Å². The van der Waals surface area contributed by atoms with Crippen LogP contribution in [0.5, 0.6) is 0 Å². The lowest BCUT2D eigenvalue weighted by Gasteiger charge is -2.29. The van der Waals surface area contributed by atoms with Gasteiger partial charge in [-0.2, -0.15) is 0 Å². The highest BCUT2D eigenvalue weighted by Crippen LogP contribution is 2.42. The quantitative estimate of drug-likeness (QED) is 0.851. The van der Waals surface area contributed by atoms with E-state index in [1.807, 2.05) is 11.3 Å². The summed E-state index contributed by atoms with van der Waals surface area (Å²) >= 11 is 5.48. The molecule has 1 N–H and O–H groups in total. The van der Waals surface area contributed by atoms with Crippen LogP contribution in [0.25, 0.3) is 0 Å². The van der Waals surface area contributed by atoms with E-state index in [0.717, 1.165) is 6.04 Å². The zero-order valence-electron chi connectivity index (χ0n) is 10.2. The fraction of sp³-hybridized carbons (Fsp3) is 0.714. The molecular formula is C14H20BrNS. The lowest BCUT2D eigenvalue weighted by molar-refractivity contribution is 0.278. The molecule has 1 aromatic rings. The van der Waals surface area contributed by atoms with Crippen molar-refractivity contribution in [2.24, 2.45) is 5.41 Å². The van der Waals surface area contributed by atoms with Gasteiger partial charge in [-0.1, -0.05) is 12.8 Å². The molecule has 0 radical (unpaired) electrons. The van der Waals surface area contributed by atoms with Gasteiger partial charge in [-0.3, -0.25) is 0 Å². The molecule has 0 unspecified atom stereocenters. The standard InChI is InChI=1S/C14H20BrNS/c15-11-7-13(17-9-11)8-14(5-1-2-6-14)10-16-12-3-4-12/h7,9,12,16H,1-6,8,10H2. The molecule has 3 rings (SSSR count). The minimum absolute atomic E-state index is 0.562. The van der Waals surface area contributed by atoms with Crippen molar-refractivity contribution in [2.75, 3.05) is 6.54 Å². The second-order valence-corrected chi connectivity index (χ2v) is 7.68. The van der Waals surface area contributed by atoms with Crippen LogP contribution in [0.2, 0.25) is 0 Å². The Hall–Kier alpha value is 0.140. The van der Waals surface area contributed by atoms with Gasteiger partial charge in [0.15, 0.2) is 0 Å². The van der Waals surface area contributed by atoms with Crippen molar-refractivity contribution in [1.82, 2.24) is 5.32 Å². The van der Waals surface area contributed by atoms with Gasteiger partial charge < -0.3 is 5.32 Å². The highest BCUT2D eigenvalue weighted by atomic mass is 79.9. The first-order chi connectivity index (χ1) is 8.26. The fourth-order valence-electron chi connectivity index (χ4n) is 3.01. The SMILES string of the molecule is Brc1csc(CC2(CNC3CC3)CCCC2)c1. The largest absolute Gasteiger partial charge is 0.313 e. The first kappa shape index (κ1) is 12.2. The van der Waals surface area contributed by atoms with E-state index in [1.165, 1.54) is 56.0 Å². The first-order valence-electron chi connectivity index (χ1n) is 6.72. The predicted octanol–water partition coefficient (Wildman–Crippen LogP) is 4.37. The summed E-state index contributed by atoms with van der Waals surface area (Å²) in [6.07, 6.45) is 9.78. The molecule has 1 heterocycles.